The van der Waals surface area contributed by atoms with E-state index in [9.17, 15) is 9.59 Å². The van der Waals surface area contributed by atoms with Crippen molar-refractivity contribution in [3.05, 3.63) is 11.9 Å². The second kappa shape index (κ2) is 6.29. The normalized spacial score (nSPS) is 12.2. The third-order valence-corrected chi connectivity index (χ3v) is 2.57. The summed E-state index contributed by atoms with van der Waals surface area (Å²) in [4.78, 5) is 23.2. The largest absolute Gasteiger partial charge is 0.467 e. The van der Waals surface area contributed by atoms with Crippen LogP contribution in [0.25, 0.3) is 0 Å². The second-order valence-electron chi connectivity index (χ2n) is 3.97. The highest BCUT2D eigenvalue weighted by atomic mass is 32.1. The maximum absolute atomic E-state index is 11.7. The summed E-state index contributed by atoms with van der Waals surface area (Å²) in [6.45, 7) is 3.93. The molecule has 1 rings (SSSR count). The van der Waals surface area contributed by atoms with E-state index in [1.807, 2.05) is 13.8 Å². The summed E-state index contributed by atoms with van der Waals surface area (Å²) in [5, 5.41) is 2.59. The van der Waals surface area contributed by atoms with Crippen LogP contribution in [0.2, 0.25) is 0 Å². The fourth-order valence-corrected chi connectivity index (χ4v) is 1.74. The van der Waals surface area contributed by atoms with E-state index in [0.717, 1.165) is 11.7 Å². The third kappa shape index (κ3) is 4.10. The summed E-state index contributed by atoms with van der Waals surface area (Å²) in [7, 11) is 1.30. The van der Waals surface area contributed by atoms with Crippen LogP contribution in [0.4, 0.5) is 0 Å². The Hall–Kier alpha value is -1.50. The number of nitrogens with one attached hydrogen (secondary N) is 1. The van der Waals surface area contributed by atoms with Gasteiger partial charge in [-0.05, 0) is 12.3 Å². The predicted octanol–water partition coefficient (Wildman–Crippen LogP) is 0.856. The number of methoxy groups -OCH3 is 1. The van der Waals surface area contributed by atoms with Crippen LogP contribution in [0.3, 0.4) is 0 Å². The zero-order valence-corrected chi connectivity index (χ0v) is 10.8. The molecule has 1 aromatic rings. The van der Waals surface area contributed by atoms with Gasteiger partial charge in [-0.1, -0.05) is 13.8 Å². The Kier molecular flexibility index (Phi) is 5.02. The van der Waals surface area contributed by atoms with Gasteiger partial charge in [0.15, 0.2) is 5.69 Å². The summed E-state index contributed by atoms with van der Waals surface area (Å²) < 4.78 is 12.2. The molecule has 1 aromatic heterocycles. The number of hydrogen-bond donors (Lipinski definition) is 1. The van der Waals surface area contributed by atoms with Gasteiger partial charge in [0.2, 0.25) is 0 Å². The number of carbonyl (C=O) groups excluding carboxylic acids is 2. The van der Waals surface area contributed by atoms with Gasteiger partial charge in [-0.2, -0.15) is 8.75 Å². The van der Waals surface area contributed by atoms with Crippen LogP contribution in [-0.4, -0.2) is 33.8 Å². The highest BCUT2D eigenvalue weighted by molar-refractivity contribution is 6.99. The quantitative estimate of drug-likeness (QED) is 0.791. The van der Waals surface area contributed by atoms with Crippen LogP contribution < -0.4 is 5.32 Å². The first-order valence-electron chi connectivity index (χ1n) is 5.20. The minimum atomic E-state index is -0.644. The molecule has 0 bridgehead atoms. The molecule has 0 aliphatic heterocycles. The van der Waals surface area contributed by atoms with E-state index in [1.54, 1.807) is 0 Å². The molecule has 6 nitrogen and oxygen atoms in total. The summed E-state index contributed by atoms with van der Waals surface area (Å²) >= 11 is 0.946. The summed E-state index contributed by atoms with van der Waals surface area (Å²) in [6, 6.07) is -0.644. The van der Waals surface area contributed by atoms with Gasteiger partial charge in [-0.3, -0.25) is 4.79 Å². The Morgan fingerprint density at radius 3 is 2.71 bits per heavy atom. The molecule has 0 radical (unpaired) electrons. The molecular weight excluding hydrogens is 242 g/mol. The molecule has 0 saturated heterocycles. The molecule has 0 saturated carbocycles. The zero-order valence-electron chi connectivity index (χ0n) is 9.97. The molecule has 0 aliphatic carbocycles. The van der Waals surface area contributed by atoms with Crippen molar-refractivity contribution in [3.63, 3.8) is 0 Å². The lowest BCUT2D eigenvalue weighted by Gasteiger charge is -2.17. The van der Waals surface area contributed by atoms with Gasteiger partial charge in [-0.25, -0.2) is 4.79 Å². The van der Waals surface area contributed by atoms with Crippen LogP contribution in [0.5, 0.6) is 0 Å². The number of aromatic nitrogens is 2. The number of ether oxygens (including phenoxy) is 1. The summed E-state index contributed by atoms with van der Waals surface area (Å²) in [5.74, 6) is -0.585. The number of rotatable bonds is 5. The Morgan fingerprint density at radius 2 is 2.24 bits per heavy atom. The SMILES string of the molecule is COC(=O)C(CC(C)C)NC(=O)c1cnsn1. The van der Waals surface area contributed by atoms with E-state index in [0.29, 0.717) is 6.42 Å². The fourth-order valence-electron chi connectivity index (χ4n) is 1.32. The topological polar surface area (TPSA) is 81.2 Å². The van der Waals surface area contributed by atoms with Gasteiger partial charge in [-0.15, -0.1) is 0 Å². The van der Waals surface area contributed by atoms with Crippen LogP contribution in [0.1, 0.15) is 30.8 Å². The first-order chi connectivity index (χ1) is 8.04. The molecule has 94 valence electrons. The Labute approximate surface area is 104 Å². The van der Waals surface area contributed by atoms with Crippen LogP contribution in [0.15, 0.2) is 6.20 Å². The molecule has 17 heavy (non-hydrogen) atoms. The smallest absolute Gasteiger partial charge is 0.328 e. The fraction of sp³-hybridized carbons (Fsp3) is 0.600. The first-order valence-corrected chi connectivity index (χ1v) is 5.94. The van der Waals surface area contributed by atoms with Crippen molar-refractivity contribution < 1.29 is 14.3 Å². The molecule has 0 spiro atoms. The van der Waals surface area contributed by atoms with Crippen molar-refractivity contribution in [2.75, 3.05) is 7.11 Å². The van der Waals surface area contributed by atoms with Crippen LogP contribution in [-0.2, 0) is 9.53 Å². The average Bonchev–Trinajstić information content (AvgIpc) is 2.79. The molecule has 1 amide bonds. The van der Waals surface area contributed by atoms with Crippen molar-refractivity contribution in [1.82, 2.24) is 14.1 Å². The monoisotopic (exact) mass is 257 g/mol. The maximum atomic E-state index is 11.7. The first kappa shape index (κ1) is 13.6. The third-order valence-electron chi connectivity index (χ3n) is 2.09. The number of carbonyl (C=O) groups is 2. The molecule has 7 heteroatoms. The van der Waals surface area contributed by atoms with Crippen molar-refractivity contribution in [2.24, 2.45) is 5.92 Å². The number of amides is 1. The lowest BCUT2D eigenvalue weighted by Crippen LogP contribution is -2.42. The Bertz CT molecular complexity index is 378. The Balaban J connectivity index is 2.66. The van der Waals surface area contributed by atoms with Crippen molar-refractivity contribution in [3.8, 4) is 0 Å². The number of nitrogens with zero attached hydrogens (tertiary/aromatic N) is 2. The molecule has 1 heterocycles. The Morgan fingerprint density at radius 1 is 1.53 bits per heavy atom. The van der Waals surface area contributed by atoms with Crippen molar-refractivity contribution in [1.29, 1.82) is 0 Å². The van der Waals surface area contributed by atoms with Gasteiger partial charge >= 0.3 is 5.97 Å². The number of esters is 1. The van der Waals surface area contributed by atoms with Gasteiger partial charge < -0.3 is 10.1 Å². The van der Waals surface area contributed by atoms with Crippen molar-refractivity contribution in [2.45, 2.75) is 26.3 Å². The predicted molar refractivity (Wildman–Crippen MR) is 62.6 cm³/mol. The van der Waals surface area contributed by atoms with E-state index in [2.05, 4.69) is 18.8 Å². The van der Waals surface area contributed by atoms with Gasteiger partial charge in [0.05, 0.1) is 25.0 Å². The van der Waals surface area contributed by atoms with Crippen LogP contribution >= 0.6 is 11.7 Å². The highest BCUT2D eigenvalue weighted by Gasteiger charge is 2.23. The molecule has 0 aromatic carbocycles. The lowest BCUT2D eigenvalue weighted by atomic mass is 10.0. The van der Waals surface area contributed by atoms with Crippen LogP contribution in [0, 0.1) is 5.92 Å². The summed E-state index contributed by atoms with van der Waals surface area (Å²) in [5.41, 5.74) is 0.215. The van der Waals surface area contributed by atoms with E-state index in [4.69, 9.17) is 0 Å². The number of hydrogen-bond acceptors (Lipinski definition) is 6. The standard InChI is InChI=1S/C10H15N3O3S/c1-6(2)4-7(10(15)16-3)12-9(14)8-5-11-17-13-8/h5-7H,4H2,1-3H3,(H,12,14). The summed E-state index contributed by atoms with van der Waals surface area (Å²) in [6.07, 6.45) is 1.89. The maximum Gasteiger partial charge on any atom is 0.328 e. The lowest BCUT2D eigenvalue weighted by molar-refractivity contribution is -0.143. The minimum absolute atomic E-state index is 0.215. The molecule has 0 fully saturated rings. The van der Waals surface area contributed by atoms with E-state index in [1.165, 1.54) is 13.3 Å². The van der Waals surface area contributed by atoms with Gasteiger partial charge in [0, 0.05) is 0 Å². The molecule has 1 N–H and O–H groups in total. The minimum Gasteiger partial charge on any atom is -0.467 e. The molecule has 1 unspecified atom stereocenters. The highest BCUT2D eigenvalue weighted by Crippen LogP contribution is 2.07. The second-order valence-corrected chi connectivity index (χ2v) is 4.53. The van der Waals surface area contributed by atoms with Gasteiger partial charge in [0.1, 0.15) is 6.04 Å². The zero-order chi connectivity index (χ0) is 12.8. The van der Waals surface area contributed by atoms with E-state index >= 15 is 0 Å². The molecular formula is C10H15N3O3S. The van der Waals surface area contributed by atoms with Gasteiger partial charge in [0.25, 0.3) is 5.91 Å². The van der Waals surface area contributed by atoms with E-state index < -0.39 is 17.9 Å². The molecule has 1 atom stereocenters. The molecule has 0 aliphatic rings. The van der Waals surface area contributed by atoms with Crippen molar-refractivity contribution >= 4 is 23.6 Å². The van der Waals surface area contributed by atoms with E-state index in [-0.39, 0.29) is 11.6 Å². The average molecular weight is 257 g/mol.